The van der Waals surface area contributed by atoms with Gasteiger partial charge in [0.1, 0.15) is 5.76 Å². The predicted molar refractivity (Wildman–Crippen MR) is 177 cm³/mol. The van der Waals surface area contributed by atoms with Gasteiger partial charge in [-0.25, -0.2) is 4.99 Å². The monoisotopic (exact) mass is 615 g/mol. The minimum Gasteiger partial charge on any atom is -0.506 e. The first-order valence-electron chi connectivity index (χ1n) is 14.8. The fourth-order valence-electron chi connectivity index (χ4n) is 4.19. The molecule has 9 nitrogen and oxygen atoms in total. The Hall–Kier alpha value is -2.92. The molecule has 1 aliphatic heterocycles. The Kier molecular flexibility index (Phi) is 10.5. The molecule has 42 heavy (non-hydrogen) atoms. The number of rotatable bonds is 11. The minimum atomic E-state index is -0.690. The molecule has 0 unspecified atom stereocenters. The number of hydrogen-bond donors (Lipinski definition) is 2. The number of nitrogens with zero attached hydrogens (tertiary/aromatic N) is 4. The number of ketones is 1. The van der Waals surface area contributed by atoms with Crippen molar-refractivity contribution in [2.75, 3.05) is 36.4 Å². The number of amides is 2. The van der Waals surface area contributed by atoms with Crippen molar-refractivity contribution >= 4 is 68.0 Å². The SMILES string of the molecule is CCN(CC)C1=NC(=NC(=O)C(C)(C)CC)/C(=C2\C(=O)C(c3sc(N(CC)CC)cc3NC(=O)C(C)(C)CC)=C2O)S1. The molecule has 0 saturated carbocycles. The van der Waals surface area contributed by atoms with Crippen LogP contribution in [0.15, 0.2) is 32.3 Å². The summed E-state index contributed by atoms with van der Waals surface area (Å²) in [6.45, 7) is 22.3. The molecule has 11 heteroatoms. The summed E-state index contributed by atoms with van der Waals surface area (Å²) in [5.74, 6) is -0.874. The normalized spacial score (nSPS) is 18.4. The highest BCUT2D eigenvalue weighted by atomic mass is 32.2. The third-order valence-electron chi connectivity index (χ3n) is 8.23. The number of aliphatic hydroxyl groups excluding tert-OH is 1. The zero-order valence-corrected chi connectivity index (χ0v) is 28.2. The van der Waals surface area contributed by atoms with Gasteiger partial charge in [-0.1, -0.05) is 41.5 Å². The van der Waals surface area contributed by atoms with Crippen LogP contribution in [0.1, 0.15) is 87.0 Å². The maximum absolute atomic E-state index is 13.9. The van der Waals surface area contributed by atoms with E-state index in [1.807, 2.05) is 80.2 Å². The van der Waals surface area contributed by atoms with Gasteiger partial charge in [-0.3, -0.25) is 14.4 Å². The number of aliphatic imine (C=N–C) groups is 2. The lowest BCUT2D eigenvalue weighted by atomic mass is 9.85. The van der Waals surface area contributed by atoms with Crippen LogP contribution in [-0.2, 0) is 14.4 Å². The summed E-state index contributed by atoms with van der Waals surface area (Å²) < 4.78 is 0. The topological polar surface area (TPSA) is 115 Å². The molecule has 230 valence electrons. The number of amidine groups is 2. The van der Waals surface area contributed by atoms with Crippen LogP contribution in [0, 0.1) is 10.8 Å². The van der Waals surface area contributed by atoms with Crippen molar-refractivity contribution < 1.29 is 19.5 Å². The average molecular weight is 616 g/mol. The second-order valence-corrected chi connectivity index (χ2v) is 13.6. The van der Waals surface area contributed by atoms with Gasteiger partial charge in [0.25, 0.3) is 5.91 Å². The number of thiophene rings is 1. The van der Waals surface area contributed by atoms with Crippen molar-refractivity contribution in [1.82, 2.24) is 4.90 Å². The van der Waals surface area contributed by atoms with Crippen molar-refractivity contribution in [1.29, 1.82) is 0 Å². The molecular weight excluding hydrogens is 571 g/mol. The first kappa shape index (κ1) is 33.6. The van der Waals surface area contributed by atoms with Crippen LogP contribution in [-0.4, -0.2) is 64.8 Å². The Labute approximate surface area is 258 Å². The van der Waals surface area contributed by atoms with Gasteiger partial charge < -0.3 is 20.2 Å². The van der Waals surface area contributed by atoms with Crippen LogP contribution in [0.25, 0.3) is 5.57 Å². The molecule has 2 heterocycles. The van der Waals surface area contributed by atoms with Gasteiger partial charge in [0.05, 0.1) is 31.6 Å². The molecule has 3 rings (SSSR count). The highest BCUT2D eigenvalue weighted by molar-refractivity contribution is 8.18. The Balaban J connectivity index is 2.18. The Morgan fingerprint density at radius 2 is 1.50 bits per heavy atom. The molecule has 1 aromatic rings. The highest BCUT2D eigenvalue weighted by Crippen LogP contribution is 2.49. The van der Waals surface area contributed by atoms with E-state index >= 15 is 0 Å². The van der Waals surface area contributed by atoms with Gasteiger partial charge in [-0.05, 0) is 58.4 Å². The molecule has 1 aromatic heterocycles. The van der Waals surface area contributed by atoms with Crippen LogP contribution >= 0.6 is 23.1 Å². The molecule has 2 N–H and O–H groups in total. The van der Waals surface area contributed by atoms with E-state index in [-0.39, 0.29) is 40.3 Å². The first-order valence-corrected chi connectivity index (χ1v) is 16.4. The Bertz CT molecular complexity index is 1380. The van der Waals surface area contributed by atoms with Gasteiger partial charge in [0.15, 0.2) is 11.0 Å². The largest absolute Gasteiger partial charge is 0.506 e. The fourth-order valence-corrected chi connectivity index (χ4v) is 6.65. The summed E-state index contributed by atoms with van der Waals surface area (Å²) in [4.78, 5) is 54.1. The van der Waals surface area contributed by atoms with Gasteiger partial charge in [0, 0.05) is 37.0 Å². The van der Waals surface area contributed by atoms with Crippen molar-refractivity contribution in [3.8, 4) is 0 Å². The van der Waals surface area contributed by atoms with E-state index in [0.717, 1.165) is 18.1 Å². The summed E-state index contributed by atoms with van der Waals surface area (Å²) in [5, 5.41) is 16.0. The summed E-state index contributed by atoms with van der Waals surface area (Å²) in [6, 6.07) is 1.87. The third kappa shape index (κ3) is 6.37. The summed E-state index contributed by atoms with van der Waals surface area (Å²) in [5.41, 5.74) is -0.539. The third-order valence-corrected chi connectivity index (χ3v) is 10.6. The highest BCUT2D eigenvalue weighted by Gasteiger charge is 2.43. The molecule has 0 atom stereocenters. The number of allylic oxidation sites excluding steroid dienone is 2. The van der Waals surface area contributed by atoms with Crippen LogP contribution in [0.5, 0.6) is 0 Å². The van der Waals surface area contributed by atoms with Crippen molar-refractivity contribution in [2.24, 2.45) is 20.8 Å². The second kappa shape index (κ2) is 13.2. The van der Waals surface area contributed by atoms with Gasteiger partial charge >= 0.3 is 0 Å². The van der Waals surface area contributed by atoms with E-state index in [9.17, 15) is 19.5 Å². The van der Waals surface area contributed by atoms with Crippen LogP contribution in [0.3, 0.4) is 0 Å². The summed E-state index contributed by atoms with van der Waals surface area (Å²) in [6.07, 6.45) is 1.24. The number of aliphatic hydroxyl groups is 1. The molecule has 0 aromatic carbocycles. The molecule has 0 radical (unpaired) electrons. The van der Waals surface area contributed by atoms with Crippen LogP contribution in [0.4, 0.5) is 10.7 Å². The van der Waals surface area contributed by atoms with Gasteiger partial charge in [0.2, 0.25) is 11.7 Å². The van der Waals surface area contributed by atoms with E-state index < -0.39 is 10.8 Å². The van der Waals surface area contributed by atoms with E-state index in [0.29, 0.717) is 46.6 Å². The quantitative estimate of drug-likeness (QED) is 0.261. The van der Waals surface area contributed by atoms with Gasteiger partial charge in [-0.15, -0.1) is 11.3 Å². The average Bonchev–Trinajstić information content (AvgIpc) is 3.54. The van der Waals surface area contributed by atoms with E-state index in [1.54, 1.807) is 0 Å². The number of thioether (sulfide) groups is 1. The number of nitrogens with one attached hydrogen (secondary N) is 1. The molecule has 0 bridgehead atoms. The maximum atomic E-state index is 13.9. The zero-order chi connectivity index (χ0) is 31.6. The van der Waals surface area contributed by atoms with E-state index in [4.69, 9.17) is 0 Å². The summed E-state index contributed by atoms with van der Waals surface area (Å²) in [7, 11) is 0. The zero-order valence-electron chi connectivity index (χ0n) is 26.6. The molecule has 1 aliphatic carbocycles. The molecule has 2 amide bonds. The number of carbonyl (C=O) groups excluding carboxylic acids is 3. The predicted octanol–water partition coefficient (Wildman–Crippen LogP) is 6.88. The van der Waals surface area contributed by atoms with Crippen molar-refractivity contribution in [3.63, 3.8) is 0 Å². The molecule has 0 fully saturated rings. The maximum Gasteiger partial charge on any atom is 0.253 e. The second-order valence-electron chi connectivity index (χ2n) is 11.6. The van der Waals surface area contributed by atoms with Crippen molar-refractivity contribution in [2.45, 2.75) is 82.1 Å². The van der Waals surface area contributed by atoms with Crippen LogP contribution < -0.4 is 10.2 Å². The van der Waals surface area contributed by atoms with Crippen LogP contribution in [0.2, 0.25) is 0 Å². The summed E-state index contributed by atoms with van der Waals surface area (Å²) >= 11 is 2.61. The lowest BCUT2D eigenvalue weighted by molar-refractivity contribution is -0.126. The Morgan fingerprint density at radius 1 is 0.929 bits per heavy atom. The van der Waals surface area contributed by atoms with Gasteiger partial charge in [-0.2, -0.15) is 4.99 Å². The lowest BCUT2D eigenvalue weighted by Crippen LogP contribution is -2.30. The number of anilines is 2. The molecule has 2 aliphatic rings. The minimum absolute atomic E-state index is 0.103. The lowest BCUT2D eigenvalue weighted by Gasteiger charge is -2.25. The number of hydrogen-bond acceptors (Lipinski definition) is 8. The first-order chi connectivity index (χ1) is 19.7. The van der Waals surface area contributed by atoms with E-state index in [2.05, 4.69) is 20.2 Å². The molecular formula is C31H45N5O4S2. The Morgan fingerprint density at radius 3 is 2.00 bits per heavy atom. The molecule has 0 spiro atoms. The number of carbonyl (C=O) groups is 3. The molecule has 0 saturated heterocycles. The smallest absolute Gasteiger partial charge is 0.253 e. The number of Topliss-reactive ketones (excluding diaryl/α,β-unsaturated/α-hetero) is 1. The van der Waals surface area contributed by atoms with E-state index in [1.165, 1.54) is 23.1 Å². The van der Waals surface area contributed by atoms with Crippen molar-refractivity contribution in [3.05, 3.63) is 27.2 Å². The standard InChI is InChI=1S/C31H45N5O4S2/c1-11-30(7,8)27(39)32-18-17-19(35(13-3)14-4)41-24(18)20-22(37)21(23(20)38)25-26(33-28(40)31(9,10)12-2)34-29(42-25)36(15-5)16-6/h17,37H,11-16H2,1-10H3,(H,32,39)/b25-21+,33-26?. The fraction of sp³-hybridized carbons (Fsp3) is 0.581.